The third-order valence-corrected chi connectivity index (χ3v) is 5.62. The van der Waals surface area contributed by atoms with Crippen molar-refractivity contribution in [2.75, 3.05) is 0 Å². The molecule has 0 aliphatic heterocycles. The SMILES string of the molecule is C=CC1CC2CC1C1C3C=CC(C3)C21. The van der Waals surface area contributed by atoms with Gasteiger partial charge >= 0.3 is 0 Å². The van der Waals surface area contributed by atoms with E-state index < -0.39 is 0 Å². The lowest BCUT2D eigenvalue weighted by molar-refractivity contribution is 0.173. The highest BCUT2D eigenvalue weighted by atomic mass is 14.6. The zero-order valence-corrected chi connectivity index (χ0v) is 8.60. The first kappa shape index (κ1) is 7.73. The third-order valence-electron chi connectivity index (χ3n) is 5.62. The van der Waals surface area contributed by atoms with Gasteiger partial charge < -0.3 is 0 Å². The van der Waals surface area contributed by atoms with Crippen LogP contribution >= 0.6 is 0 Å². The molecule has 14 heavy (non-hydrogen) atoms. The molecule has 0 heterocycles. The summed E-state index contributed by atoms with van der Waals surface area (Å²) in [5, 5.41) is 0. The minimum absolute atomic E-state index is 0.869. The van der Waals surface area contributed by atoms with Crippen LogP contribution < -0.4 is 0 Å². The molecular formula is C14H18. The van der Waals surface area contributed by atoms with Gasteiger partial charge in [-0.25, -0.2) is 0 Å². The molecule has 0 saturated heterocycles. The molecule has 0 aromatic rings. The van der Waals surface area contributed by atoms with Gasteiger partial charge in [0.25, 0.3) is 0 Å². The van der Waals surface area contributed by atoms with Crippen LogP contribution in [-0.4, -0.2) is 0 Å². The Labute approximate surface area is 86.1 Å². The first-order valence-corrected chi connectivity index (χ1v) is 6.19. The van der Waals surface area contributed by atoms with E-state index >= 15 is 0 Å². The van der Waals surface area contributed by atoms with Gasteiger partial charge in [0, 0.05) is 0 Å². The largest absolute Gasteiger partial charge is 0.103 e. The fraction of sp³-hybridized carbons (Fsp3) is 0.714. The zero-order chi connectivity index (χ0) is 9.28. The van der Waals surface area contributed by atoms with Gasteiger partial charge in [0.15, 0.2) is 0 Å². The van der Waals surface area contributed by atoms with Crippen LogP contribution in [0.1, 0.15) is 19.3 Å². The molecular weight excluding hydrogens is 168 g/mol. The van der Waals surface area contributed by atoms with E-state index in [1.165, 1.54) is 19.3 Å². The number of allylic oxidation sites excluding steroid dienone is 3. The summed E-state index contributed by atoms with van der Waals surface area (Å²) in [5.74, 6) is 7.04. The number of hydrogen-bond acceptors (Lipinski definition) is 0. The van der Waals surface area contributed by atoms with Crippen molar-refractivity contribution in [1.29, 1.82) is 0 Å². The molecule has 4 aliphatic rings. The molecule has 0 nitrogen and oxygen atoms in total. The van der Waals surface area contributed by atoms with Crippen LogP contribution in [0.2, 0.25) is 0 Å². The second-order valence-electron chi connectivity index (χ2n) is 5.90. The van der Waals surface area contributed by atoms with Crippen LogP contribution in [0.3, 0.4) is 0 Å². The molecule has 0 N–H and O–H groups in total. The molecule has 0 spiro atoms. The van der Waals surface area contributed by atoms with Crippen molar-refractivity contribution >= 4 is 0 Å². The van der Waals surface area contributed by atoms with E-state index in [1.807, 2.05) is 0 Å². The zero-order valence-electron chi connectivity index (χ0n) is 8.60. The van der Waals surface area contributed by atoms with Gasteiger partial charge in [-0.1, -0.05) is 18.2 Å². The highest BCUT2D eigenvalue weighted by Crippen LogP contribution is 2.66. The van der Waals surface area contributed by atoms with Crippen molar-refractivity contribution in [2.24, 2.45) is 41.4 Å². The minimum Gasteiger partial charge on any atom is -0.103 e. The Balaban J connectivity index is 1.75. The van der Waals surface area contributed by atoms with Crippen molar-refractivity contribution < 1.29 is 0 Å². The lowest BCUT2D eigenvalue weighted by Gasteiger charge is -2.35. The number of rotatable bonds is 1. The molecule has 4 rings (SSSR count). The quantitative estimate of drug-likeness (QED) is 0.435. The van der Waals surface area contributed by atoms with Gasteiger partial charge in [0.2, 0.25) is 0 Å². The Morgan fingerprint density at radius 3 is 2.57 bits per heavy atom. The summed E-state index contributed by atoms with van der Waals surface area (Å²) >= 11 is 0. The van der Waals surface area contributed by atoms with Crippen LogP contribution in [0, 0.1) is 41.4 Å². The van der Waals surface area contributed by atoms with Crippen molar-refractivity contribution in [2.45, 2.75) is 19.3 Å². The van der Waals surface area contributed by atoms with Gasteiger partial charge in [-0.3, -0.25) is 0 Å². The summed E-state index contributed by atoms with van der Waals surface area (Å²) in [6.45, 7) is 4.02. The Morgan fingerprint density at radius 1 is 1.00 bits per heavy atom. The van der Waals surface area contributed by atoms with Crippen LogP contribution in [0.15, 0.2) is 24.8 Å². The normalized spacial score (nSPS) is 62.1. The molecule has 4 bridgehead atoms. The Hall–Kier alpha value is -0.520. The van der Waals surface area contributed by atoms with Gasteiger partial charge in [0.1, 0.15) is 0 Å². The maximum absolute atomic E-state index is 4.02. The van der Waals surface area contributed by atoms with E-state index in [-0.39, 0.29) is 0 Å². The first-order valence-electron chi connectivity index (χ1n) is 6.19. The molecule has 0 aromatic heterocycles. The number of fused-ring (bicyclic) bond motifs is 9. The molecule has 7 atom stereocenters. The molecule has 0 aromatic carbocycles. The lowest BCUT2D eigenvalue weighted by Crippen LogP contribution is -2.30. The fourth-order valence-corrected chi connectivity index (χ4v) is 5.34. The van der Waals surface area contributed by atoms with E-state index in [9.17, 15) is 0 Å². The molecule has 3 fully saturated rings. The third kappa shape index (κ3) is 0.699. The molecule has 4 aliphatic carbocycles. The van der Waals surface area contributed by atoms with E-state index in [1.54, 1.807) is 0 Å². The first-order chi connectivity index (χ1) is 6.88. The average Bonchev–Trinajstić information content (AvgIpc) is 2.94. The van der Waals surface area contributed by atoms with Crippen LogP contribution in [0.4, 0.5) is 0 Å². The molecule has 3 saturated carbocycles. The molecule has 0 heteroatoms. The van der Waals surface area contributed by atoms with E-state index in [0.717, 1.165) is 41.4 Å². The Kier molecular flexibility index (Phi) is 1.30. The van der Waals surface area contributed by atoms with Crippen molar-refractivity contribution in [3.05, 3.63) is 24.8 Å². The van der Waals surface area contributed by atoms with Gasteiger partial charge in [-0.05, 0) is 60.7 Å². The second kappa shape index (κ2) is 2.35. The highest BCUT2D eigenvalue weighted by molar-refractivity contribution is 5.21. The maximum atomic E-state index is 4.02. The van der Waals surface area contributed by atoms with E-state index in [0.29, 0.717) is 0 Å². The lowest BCUT2D eigenvalue weighted by atomic mass is 9.69. The topological polar surface area (TPSA) is 0 Å². The smallest absolute Gasteiger partial charge is 0.0194 e. The van der Waals surface area contributed by atoms with Crippen LogP contribution in [0.25, 0.3) is 0 Å². The molecule has 74 valence electrons. The summed E-state index contributed by atoms with van der Waals surface area (Å²) in [4.78, 5) is 0. The summed E-state index contributed by atoms with van der Waals surface area (Å²) in [6, 6.07) is 0. The Bertz CT molecular complexity index is 314. The van der Waals surface area contributed by atoms with Gasteiger partial charge in [0.05, 0.1) is 0 Å². The van der Waals surface area contributed by atoms with Crippen molar-refractivity contribution in [3.63, 3.8) is 0 Å². The summed E-state index contributed by atoms with van der Waals surface area (Å²) in [5.41, 5.74) is 0. The number of hydrogen-bond donors (Lipinski definition) is 0. The summed E-state index contributed by atoms with van der Waals surface area (Å²) < 4.78 is 0. The van der Waals surface area contributed by atoms with Crippen LogP contribution in [-0.2, 0) is 0 Å². The predicted molar refractivity (Wildman–Crippen MR) is 57.6 cm³/mol. The van der Waals surface area contributed by atoms with Gasteiger partial charge in [-0.15, -0.1) is 6.58 Å². The minimum atomic E-state index is 0.869. The molecule has 0 radical (unpaired) electrons. The highest BCUT2D eigenvalue weighted by Gasteiger charge is 2.60. The monoisotopic (exact) mass is 186 g/mol. The fourth-order valence-electron chi connectivity index (χ4n) is 5.34. The molecule has 7 unspecified atom stereocenters. The second-order valence-corrected chi connectivity index (χ2v) is 5.90. The predicted octanol–water partition coefficient (Wildman–Crippen LogP) is 3.27. The van der Waals surface area contributed by atoms with Crippen molar-refractivity contribution in [1.82, 2.24) is 0 Å². The standard InChI is InChI=1S/C14H18/c1-2-8-5-11-7-12(8)14-10-4-3-9(6-10)13(11)14/h2-4,8-14H,1,5-7H2. The van der Waals surface area contributed by atoms with E-state index in [2.05, 4.69) is 24.8 Å². The summed E-state index contributed by atoms with van der Waals surface area (Å²) in [6.07, 6.45) is 11.8. The maximum Gasteiger partial charge on any atom is -0.0194 e. The van der Waals surface area contributed by atoms with Crippen LogP contribution in [0.5, 0.6) is 0 Å². The average molecular weight is 186 g/mol. The Morgan fingerprint density at radius 2 is 1.79 bits per heavy atom. The van der Waals surface area contributed by atoms with Gasteiger partial charge in [-0.2, -0.15) is 0 Å². The molecule has 0 amide bonds. The summed E-state index contributed by atoms with van der Waals surface area (Å²) in [7, 11) is 0. The van der Waals surface area contributed by atoms with E-state index in [4.69, 9.17) is 0 Å². The van der Waals surface area contributed by atoms with Crippen molar-refractivity contribution in [3.8, 4) is 0 Å².